The predicted molar refractivity (Wildman–Crippen MR) is 115 cm³/mol. The third-order valence-electron chi connectivity index (χ3n) is 5.47. The van der Waals surface area contributed by atoms with Crippen LogP contribution in [0, 0.1) is 16.0 Å². The Labute approximate surface area is 171 Å². The lowest BCUT2D eigenvalue weighted by Crippen LogP contribution is -2.32. The first-order valence-corrected chi connectivity index (χ1v) is 9.92. The van der Waals surface area contributed by atoms with Crippen LogP contribution in [-0.4, -0.2) is 17.3 Å². The molecule has 0 heterocycles. The lowest BCUT2D eigenvalue weighted by Gasteiger charge is -2.31. The van der Waals surface area contributed by atoms with E-state index in [9.17, 15) is 14.9 Å². The number of carbonyl (C=O) groups excluding carboxylic acids is 1. The maximum atomic E-state index is 13.7. The number of Topliss-reactive ketones (excluding diaryl/α,β-unsaturated/α-hetero) is 1. The van der Waals surface area contributed by atoms with Gasteiger partial charge < -0.3 is 0 Å². The molecule has 0 unspecified atom stereocenters. The van der Waals surface area contributed by atoms with Crippen LogP contribution in [0.15, 0.2) is 91.0 Å². The number of benzene rings is 3. The number of carbonyl (C=O) groups is 1. The highest BCUT2D eigenvalue weighted by molar-refractivity contribution is 5.99. The van der Waals surface area contributed by atoms with Gasteiger partial charge in [0.1, 0.15) is 0 Å². The Bertz CT molecular complexity index is 926. The second-order valence-corrected chi connectivity index (χ2v) is 7.21. The molecule has 0 N–H and O–H groups in total. The van der Waals surface area contributed by atoms with Gasteiger partial charge in [-0.2, -0.15) is 0 Å². The van der Waals surface area contributed by atoms with Gasteiger partial charge in [-0.3, -0.25) is 14.9 Å². The number of rotatable bonds is 9. The zero-order valence-electron chi connectivity index (χ0n) is 16.5. The fraction of sp³-hybridized carbons (Fsp3) is 0.240. The van der Waals surface area contributed by atoms with E-state index in [-0.39, 0.29) is 23.2 Å². The van der Waals surface area contributed by atoms with Crippen LogP contribution in [0.4, 0.5) is 0 Å². The van der Waals surface area contributed by atoms with Crippen LogP contribution in [0.5, 0.6) is 0 Å². The second kappa shape index (κ2) is 9.78. The van der Waals surface area contributed by atoms with Crippen molar-refractivity contribution in [3.8, 4) is 0 Å². The first kappa shape index (κ1) is 20.5. The van der Waals surface area contributed by atoms with E-state index in [1.165, 1.54) is 0 Å². The van der Waals surface area contributed by atoms with E-state index in [4.69, 9.17) is 0 Å². The molecule has 4 nitrogen and oxygen atoms in total. The van der Waals surface area contributed by atoms with Crippen LogP contribution in [0.2, 0.25) is 0 Å². The van der Waals surface area contributed by atoms with Crippen LogP contribution in [-0.2, 0) is 0 Å². The standard InChI is InChI=1S/C25H25NO3/c1-2-22(19-12-6-3-7-13-19)24(25(27)21-16-10-5-11-17-21)23(18-26(28)29)20-14-8-4-9-15-20/h3-17,22-24H,2,18H2,1H3/t22-,23+,24+/m1/s1. The minimum absolute atomic E-state index is 0.0444. The van der Waals surface area contributed by atoms with Crippen LogP contribution >= 0.6 is 0 Å². The Balaban J connectivity index is 2.14. The molecule has 0 spiro atoms. The van der Waals surface area contributed by atoms with Gasteiger partial charge in [-0.1, -0.05) is 97.9 Å². The maximum absolute atomic E-state index is 13.7. The number of nitro groups is 1. The highest BCUT2D eigenvalue weighted by atomic mass is 16.6. The van der Waals surface area contributed by atoms with Crippen molar-refractivity contribution < 1.29 is 9.72 Å². The molecular weight excluding hydrogens is 362 g/mol. The maximum Gasteiger partial charge on any atom is 0.211 e. The summed E-state index contributed by atoms with van der Waals surface area (Å²) in [6.45, 7) is 1.76. The minimum atomic E-state index is -0.530. The fourth-order valence-electron chi connectivity index (χ4n) is 4.13. The van der Waals surface area contributed by atoms with Gasteiger partial charge in [0.2, 0.25) is 6.54 Å². The zero-order chi connectivity index (χ0) is 20.6. The van der Waals surface area contributed by atoms with Crippen molar-refractivity contribution in [1.29, 1.82) is 0 Å². The van der Waals surface area contributed by atoms with Crippen molar-refractivity contribution in [1.82, 2.24) is 0 Å². The smallest absolute Gasteiger partial charge is 0.211 e. The molecule has 0 aliphatic rings. The van der Waals surface area contributed by atoms with Gasteiger partial charge in [0.05, 0.1) is 5.92 Å². The number of hydrogen-bond acceptors (Lipinski definition) is 3. The van der Waals surface area contributed by atoms with Crippen molar-refractivity contribution in [2.75, 3.05) is 6.54 Å². The molecule has 0 aromatic heterocycles. The lowest BCUT2D eigenvalue weighted by molar-refractivity contribution is -0.484. The van der Waals surface area contributed by atoms with Crippen LogP contribution in [0.25, 0.3) is 0 Å². The predicted octanol–water partition coefficient (Wildman–Crippen LogP) is 5.74. The Hall–Kier alpha value is -3.27. The van der Waals surface area contributed by atoms with Gasteiger partial charge in [-0.05, 0) is 23.5 Å². The molecule has 0 saturated carbocycles. The van der Waals surface area contributed by atoms with E-state index in [1.807, 2.05) is 85.8 Å². The summed E-state index contributed by atoms with van der Waals surface area (Å²) in [7, 11) is 0. The molecular formula is C25H25NO3. The minimum Gasteiger partial charge on any atom is -0.294 e. The van der Waals surface area contributed by atoms with Gasteiger partial charge in [0.25, 0.3) is 0 Å². The van der Waals surface area contributed by atoms with Crippen LogP contribution < -0.4 is 0 Å². The van der Waals surface area contributed by atoms with Gasteiger partial charge in [0, 0.05) is 16.4 Å². The number of ketones is 1. The van der Waals surface area contributed by atoms with Crippen molar-refractivity contribution in [2.24, 2.45) is 5.92 Å². The molecule has 0 bridgehead atoms. The van der Waals surface area contributed by atoms with E-state index >= 15 is 0 Å². The molecule has 3 aromatic rings. The van der Waals surface area contributed by atoms with E-state index in [2.05, 4.69) is 0 Å². The monoisotopic (exact) mass is 387 g/mol. The molecule has 3 atom stereocenters. The fourth-order valence-corrected chi connectivity index (χ4v) is 4.13. The molecule has 148 valence electrons. The molecule has 4 heteroatoms. The van der Waals surface area contributed by atoms with E-state index in [1.54, 1.807) is 12.1 Å². The average Bonchev–Trinajstić information content (AvgIpc) is 2.77. The van der Waals surface area contributed by atoms with Gasteiger partial charge in [0.15, 0.2) is 5.78 Å². The highest BCUT2D eigenvalue weighted by Gasteiger charge is 2.39. The van der Waals surface area contributed by atoms with Gasteiger partial charge >= 0.3 is 0 Å². The molecule has 0 aliphatic carbocycles. The SMILES string of the molecule is CC[C@H](c1ccccc1)[C@H](C(=O)c1ccccc1)[C@@H](C[N+](=O)[O-])c1ccccc1. The van der Waals surface area contributed by atoms with Crippen molar-refractivity contribution in [3.05, 3.63) is 118 Å². The molecule has 0 saturated heterocycles. The third-order valence-corrected chi connectivity index (χ3v) is 5.47. The molecule has 29 heavy (non-hydrogen) atoms. The number of nitrogens with zero attached hydrogens (tertiary/aromatic N) is 1. The van der Waals surface area contributed by atoms with E-state index in [0.29, 0.717) is 12.0 Å². The Kier molecular flexibility index (Phi) is 6.90. The van der Waals surface area contributed by atoms with Crippen LogP contribution in [0.1, 0.15) is 46.7 Å². The molecule has 0 fully saturated rings. The van der Waals surface area contributed by atoms with Crippen molar-refractivity contribution >= 4 is 5.78 Å². The van der Waals surface area contributed by atoms with Crippen molar-refractivity contribution in [3.63, 3.8) is 0 Å². The summed E-state index contributed by atoms with van der Waals surface area (Å²) in [5.74, 6) is -1.20. The first-order chi connectivity index (χ1) is 14.1. The number of hydrogen-bond donors (Lipinski definition) is 0. The summed E-state index contributed by atoms with van der Waals surface area (Å²) in [5.41, 5.74) is 2.46. The largest absolute Gasteiger partial charge is 0.294 e. The van der Waals surface area contributed by atoms with Crippen molar-refractivity contribution in [2.45, 2.75) is 25.2 Å². The summed E-state index contributed by atoms with van der Waals surface area (Å²) in [5, 5.41) is 11.6. The summed E-state index contributed by atoms with van der Waals surface area (Å²) >= 11 is 0. The highest BCUT2D eigenvalue weighted by Crippen LogP contribution is 2.40. The third kappa shape index (κ3) is 4.96. The lowest BCUT2D eigenvalue weighted by atomic mass is 9.70. The molecule has 3 rings (SSSR count). The van der Waals surface area contributed by atoms with E-state index in [0.717, 1.165) is 11.1 Å². The summed E-state index contributed by atoms with van der Waals surface area (Å²) in [6, 6.07) is 28.4. The zero-order valence-corrected chi connectivity index (χ0v) is 16.5. The Morgan fingerprint density at radius 2 is 1.24 bits per heavy atom. The molecule has 3 aromatic carbocycles. The van der Waals surface area contributed by atoms with E-state index < -0.39 is 11.8 Å². The molecule has 0 aliphatic heterocycles. The normalized spacial score (nSPS) is 14.0. The Morgan fingerprint density at radius 3 is 1.69 bits per heavy atom. The summed E-state index contributed by atoms with van der Waals surface area (Å²) in [4.78, 5) is 25.0. The molecule has 0 radical (unpaired) electrons. The molecule has 0 amide bonds. The average molecular weight is 387 g/mol. The topological polar surface area (TPSA) is 60.2 Å². The quantitative estimate of drug-likeness (QED) is 0.267. The first-order valence-electron chi connectivity index (χ1n) is 9.92. The van der Waals surface area contributed by atoms with Crippen LogP contribution in [0.3, 0.4) is 0 Å². The second-order valence-electron chi connectivity index (χ2n) is 7.21. The van der Waals surface area contributed by atoms with Gasteiger partial charge in [-0.25, -0.2) is 0 Å². The summed E-state index contributed by atoms with van der Waals surface area (Å²) in [6.07, 6.45) is 0.717. The van der Waals surface area contributed by atoms with Gasteiger partial charge in [-0.15, -0.1) is 0 Å². The summed E-state index contributed by atoms with van der Waals surface area (Å²) < 4.78 is 0. The Morgan fingerprint density at radius 1 is 0.793 bits per heavy atom.